The number of hydrogen-bond donors (Lipinski definition) is 2. The summed E-state index contributed by atoms with van der Waals surface area (Å²) >= 11 is 0. The molecule has 6 nitrogen and oxygen atoms in total. The summed E-state index contributed by atoms with van der Waals surface area (Å²) in [4.78, 5) is 12.0. The summed E-state index contributed by atoms with van der Waals surface area (Å²) in [5, 5.41) is 5.10. The van der Waals surface area contributed by atoms with E-state index in [9.17, 15) is 13.6 Å². The predicted octanol–water partition coefficient (Wildman–Crippen LogP) is 3.63. The summed E-state index contributed by atoms with van der Waals surface area (Å²) in [6, 6.07) is 10.6. The zero-order valence-electron chi connectivity index (χ0n) is 13.7. The summed E-state index contributed by atoms with van der Waals surface area (Å²) in [6.45, 7) is -2.82. The van der Waals surface area contributed by atoms with E-state index in [0.29, 0.717) is 17.1 Å². The second kappa shape index (κ2) is 8.72. The molecule has 0 heterocycles. The molecule has 0 unspecified atom stereocenters. The maximum atomic E-state index is 12.4. The van der Waals surface area contributed by atoms with E-state index in [2.05, 4.69) is 15.4 Å². The van der Waals surface area contributed by atoms with Gasteiger partial charge < -0.3 is 24.8 Å². The van der Waals surface area contributed by atoms with Crippen LogP contribution < -0.4 is 24.8 Å². The van der Waals surface area contributed by atoms with Crippen LogP contribution in [0.2, 0.25) is 0 Å². The SMILES string of the molecule is COc1cccc(CNC(=O)Nc2ccccc2OC(F)F)c1OC. The Hall–Kier alpha value is -3.03. The number of urea groups is 1. The molecule has 0 aliphatic carbocycles. The Balaban J connectivity index is 2.03. The van der Waals surface area contributed by atoms with Crippen molar-refractivity contribution in [1.82, 2.24) is 5.32 Å². The molecule has 8 heteroatoms. The maximum absolute atomic E-state index is 12.4. The number of nitrogens with one attached hydrogen (secondary N) is 2. The lowest BCUT2D eigenvalue weighted by atomic mass is 10.2. The molecular formula is C17H18F2N2O4. The van der Waals surface area contributed by atoms with Gasteiger partial charge in [-0.25, -0.2) is 4.79 Å². The molecule has 2 amide bonds. The van der Waals surface area contributed by atoms with Gasteiger partial charge in [0.05, 0.1) is 19.9 Å². The zero-order valence-corrected chi connectivity index (χ0v) is 13.7. The molecule has 2 aromatic rings. The van der Waals surface area contributed by atoms with Crippen LogP contribution in [0.25, 0.3) is 0 Å². The van der Waals surface area contributed by atoms with Gasteiger partial charge in [0, 0.05) is 12.1 Å². The number of benzene rings is 2. The highest BCUT2D eigenvalue weighted by Gasteiger charge is 2.13. The van der Waals surface area contributed by atoms with E-state index in [4.69, 9.17) is 9.47 Å². The normalized spacial score (nSPS) is 10.3. The van der Waals surface area contributed by atoms with E-state index < -0.39 is 12.6 Å². The second-order valence-electron chi connectivity index (χ2n) is 4.83. The molecule has 0 fully saturated rings. The summed E-state index contributed by atoms with van der Waals surface area (Å²) in [6.07, 6.45) is 0. The summed E-state index contributed by atoms with van der Waals surface area (Å²) in [5.74, 6) is 0.927. The van der Waals surface area contributed by atoms with Gasteiger partial charge in [-0.3, -0.25) is 0 Å². The van der Waals surface area contributed by atoms with Gasteiger partial charge in [-0.05, 0) is 18.2 Å². The van der Waals surface area contributed by atoms with E-state index in [1.165, 1.54) is 32.4 Å². The number of rotatable bonds is 7. The number of hydrogen-bond acceptors (Lipinski definition) is 4. The highest BCUT2D eigenvalue weighted by Crippen LogP contribution is 2.30. The van der Waals surface area contributed by atoms with Crippen molar-refractivity contribution >= 4 is 11.7 Å². The van der Waals surface area contributed by atoms with Gasteiger partial charge in [-0.2, -0.15) is 8.78 Å². The van der Waals surface area contributed by atoms with Gasteiger partial charge in [0.15, 0.2) is 11.5 Å². The van der Waals surface area contributed by atoms with Crippen LogP contribution in [0.3, 0.4) is 0 Å². The predicted molar refractivity (Wildman–Crippen MR) is 88.5 cm³/mol. The number of amides is 2. The van der Waals surface area contributed by atoms with Crippen LogP contribution in [0.4, 0.5) is 19.3 Å². The van der Waals surface area contributed by atoms with Crippen LogP contribution >= 0.6 is 0 Å². The molecular weight excluding hydrogens is 334 g/mol. The maximum Gasteiger partial charge on any atom is 0.387 e. The molecule has 0 saturated heterocycles. The third kappa shape index (κ3) is 4.97. The number of anilines is 1. The van der Waals surface area contributed by atoms with Crippen molar-refractivity contribution in [2.24, 2.45) is 0 Å². The molecule has 25 heavy (non-hydrogen) atoms. The first kappa shape index (κ1) is 18.3. The van der Waals surface area contributed by atoms with E-state index in [1.807, 2.05) is 0 Å². The first-order valence-electron chi connectivity index (χ1n) is 7.33. The smallest absolute Gasteiger partial charge is 0.387 e. The number of carbonyl (C=O) groups excluding carboxylic acids is 1. The monoisotopic (exact) mass is 352 g/mol. The summed E-state index contributed by atoms with van der Waals surface area (Å²) in [5.41, 5.74) is 0.840. The standard InChI is InChI=1S/C17H18F2N2O4/c1-23-14-9-5-6-11(15(14)24-2)10-20-17(22)21-12-7-3-4-8-13(12)25-16(18)19/h3-9,16H,10H2,1-2H3,(H2,20,21,22). The van der Waals surface area contributed by atoms with Crippen molar-refractivity contribution in [3.05, 3.63) is 48.0 Å². The molecule has 0 aromatic heterocycles. The van der Waals surface area contributed by atoms with Crippen molar-refractivity contribution < 1.29 is 27.8 Å². The topological polar surface area (TPSA) is 68.8 Å². The number of para-hydroxylation sites is 3. The van der Waals surface area contributed by atoms with Crippen LogP contribution in [-0.2, 0) is 6.54 Å². The van der Waals surface area contributed by atoms with Crippen LogP contribution in [0.15, 0.2) is 42.5 Å². The van der Waals surface area contributed by atoms with Crippen molar-refractivity contribution in [3.63, 3.8) is 0 Å². The van der Waals surface area contributed by atoms with Crippen molar-refractivity contribution in [3.8, 4) is 17.2 Å². The molecule has 0 saturated carbocycles. The minimum absolute atomic E-state index is 0.119. The molecule has 0 atom stereocenters. The molecule has 0 aliphatic rings. The molecule has 0 radical (unpaired) electrons. The van der Waals surface area contributed by atoms with Crippen LogP contribution in [-0.4, -0.2) is 26.9 Å². The fourth-order valence-corrected chi connectivity index (χ4v) is 2.20. The van der Waals surface area contributed by atoms with E-state index in [-0.39, 0.29) is 18.0 Å². The molecule has 0 aliphatic heterocycles. The quantitative estimate of drug-likeness (QED) is 0.798. The Morgan fingerprint density at radius 3 is 2.44 bits per heavy atom. The van der Waals surface area contributed by atoms with Crippen LogP contribution in [0.1, 0.15) is 5.56 Å². The molecule has 134 valence electrons. The zero-order chi connectivity index (χ0) is 18.2. The fourth-order valence-electron chi connectivity index (χ4n) is 2.20. The molecule has 2 rings (SSSR count). The third-order valence-electron chi connectivity index (χ3n) is 3.28. The number of methoxy groups -OCH3 is 2. The fraction of sp³-hybridized carbons (Fsp3) is 0.235. The van der Waals surface area contributed by atoms with E-state index >= 15 is 0 Å². The van der Waals surface area contributed by atoms with Gasteiger partial charge >= 0.3 is 12.6 Å². The Morgan fingerprint density at radius 1 is 1.04 bits per heavy atom. The van der Waals surface area contributed by atoms with Gasteiger partial charge in [0.25, 0.3) is 0 Å². The summed E-state index contributed by atoms with van der Waals surface area (Å²) in [7, 11) is 3.01. The summed E-state index contributed by atoms with van der Waals surface area (Å²) < 4.78 is 39.6. The van der Waals surface area contributed by atoms with Crippen molar-refractivity contribution in [2.75, 3.05) is 19.5 Å². The van der Waals surface area contributed by atoms with Crippen molar-refractivity contribution in [1.29, 1.82) is 0 Å². The van der Waals surface area contributed by atoms with Gasteiger partial charge in [0.2, 0.25) is 0 Å². The van der Waals surface area contributed by atoms with Gasteiger partial charge in [-0.1, -0.05) is 24.3 Å². The van der Waals surface area contributed by atoms with Crippen LogP contribution in [0.5, 0.6) is 17.2 Å². The Kier molecular flexibility index (Phi) is 6.39. The Labute approximate surface area is 143 Å². The lowest BCUT2D eigenvalue weighted by Crippen LogP contribution is -2.28. The largest absolute Gasteiger partial charge is 0.493 e. The Bertz CT molecular complexity index is 726. The minimum atomic E-state index is -2.98. The van der Waals surface area contributed by atoms with Crippen LogP contribution in [0, 0.1) is 0 Å². The first-order chi connectivity index (χ1) is 12.0. The molecule has 2 N–H and O–H groups in total. The molecule has 0 spiro atoms. The average molecular weight is 352 g/mol. The highest BCUT2D eigenvalue weighted by atomic mass is 19.3. The second-order valence-corrected chi connectivity index (χ2v) is 4.83. The average Bonchev–Trinajstić information content (AvgIpc) is 2.60. The van der Waals surface area contributed by atoms with Crippen molar-refractivity contribution in [2.45, 2.75) is 13.2 Å². The van der Waals surface area contributed by atoms with Gasteiger partial charge in [-0.15, -0.1) is 0 Å². The number of alkyl halides is 2. The number of halogens is 2. The minimum Gasteiger partial charge on any atom is -0.493 e. The molecule has 0 bridgehead atoms. The van der Waals surface area contributed by atoms with Gasteiger partial charge in [0.1, 0.15) is 5.75 Å². The highest BCUT2D eigenvalue weighted by molar-refractivity contribution is 5.90. The first-order valence-corrected chi connectivity index (χ1v) is 7.33. The third-order valence-corrected chi connectivity index (χ3v) is 3.28. The van der Waals surface area contributed by atoms with E-state index in [0.717, 1.165) is 0 Å². The lowest BCUT2D eigenvalue weighted by molar-refractivity contribution is -0.0493. The lowest BCUT2D eigenvalue weighted by Gasteiger charge is -2.14. The molecule has 2 aromatic carbocycles. The Morgan fingerprint density at radius 2 is 1.76 bits per heavy atom. The number of ether oxygens (including phenoxy) is 3. The van der Waals surface area contributed by atoms with E-state index in [1.54, 1.807) is 24.3 Å². The number of carbonyl (C=O) groups is 1.